The minimum atomic E-state index is -0.268. The van der Waals surface area contributed by atoms with Crippen LogP contribution in [0.4, 0.5) is 10.1 Å². The van der Waals surface area contributed by atoms with Crippen LogP contribution in [0.5, 0.6) is 0 Å². The van der Waals surface area contributed by atoms with Gasteiger partial charge in [0.05, 0.1) is 12.6 Å². The normalized spacial score (nSPS) is 13.2. The molecule has 1 heterocycles. The third kappa shape index (κ3) is 4.05. The molecule has 0 spiro atoms. The highest BCUT2D eigenvalue weighted by molar-refractivity contribution is 7.12. The molecule has 1 unspecified atom stereocenters. The number of thiophene rings is 1. The number of rotatable bonds is 4. The Morgan fingerprint density at radius 3 is 2.48 bits per heavy atom. The summed E-state index contributed by atoms with van der Waals surface area (Å²) in [5, 5.41) is 12.9. The van der Waals surface area contributed by atoms with Gasteiger partial charge in [-0.15, -0.1) is 11.3 Å². The Morgan fingerprint density at radius 2 is 1.95 bits per heavy atom. The third-order valence-electron chi connectivity index (χ3n) is 3.28. The molecule has 1 atom stereocenters. The van der Waals surface area contributed by atoms with E-state index in [0.717, 1.165) is 10.4 Å². The van der Waals surface area contributed by atoms with E-state index in [0.29, 0.717) is 5.69 Å². The van der Waals surface area contributed by atoms with Crippen molar-refractivity contribution in [1.82, 2.24) is 0 Å². The first-order valence-electron chi connectivity index (χ1n) is 7.04. The van der Waals surface area contributed by atoms with Crippen LogP contribution in [0.3, 0.4) is 0 Å². The monoisotopic (exact) mass is 307 g/mol. The maximum Gasteiger partial charge on any atom is 0.125 e. The van der Waals surface area contributed by atoms with Crippen molar-refractivity contribution in [3.05, 3.63) is 51.5 Å². The maximum atomic E-state index is 13.4. The lowest BCUT2D eigenvalue weighted by Gasteiger charge is -2.18. The summed E-state index contributed by atoms with van der Waals surface area (Å²) in [4.78, 5) is 2.33. The van der Waals surface area contributed by atoms with E-state index < -0.39 is 0 Å². The molecular weight excluding hydrogens is 285 g/mol. The van der Waals surface area contributed by atoms with Crippen LogP contribution < -0.4 is 5.32 Å². The first kappa shape index (κ1) is 16.0. The molecule has 0 fully saturated rings. The molecule has 114 valence electrons. The Bertz CT molecular complexity index is 595. The predicted molar refractivity (Wildman–Crippen MR) is 87.6 cm³/mol. The fraction of sp³-hybridized carbons (Fsp3) is 0.412. The SMILES string of the molecule is Cc1cc(F)cc(NC(CO)c2ccc(C(C)(C)C)s2)c1. The number of hydrogen-bond acceptors (Lipinski definition) is 3. The molecule has 0 saturated heterocycles. The Balaban J connectivity index is 2.22. The van der Waals surface area contributed by atoms with Gasteiger partial charge in [0.1, 0.15) is 5.82 Å². The first-order chi connectivity index (χ1) is 9.79. The number of anilines is 1. The van der Waals surface area contributed by atoms with Crippen molar-refractivity contribution in [3.8, 4) is 0 Å². The lowest BCUT2D eigenvalue weighted by molar-refractivity contribution is 0.277. The van der Waals surface area contributed by atoms with Gasteiger partial charge in [0.2, 0.25) is 0 Å². The predicted octanol–water partition coefficient (Wildman–Crippen LogP) is 4.64. The Hall–Kier alpha value is -1.39. The van der Waals surface area contributed by atoms with Crippen LogP contribution in [0.2, 0.25) is 0 Å². The Labute approximate surface area is 129 Å². The van der Waals surface area contributed by atoms with Crippen molar-refractivity contribution < 1.29 is 9.50 Å². The number of aliphatic hydroxyl groups excluding tert-OH is 1. The summed E-state index contributed by atoms with van der Waals surface area (Å²) in [5.74, 6) is -0.268. The molecule has 0 aliphatic rings. The van der Waals surface area contributed by atoms with Crippen molar-refractivity contribution in [2.75, 3.05) is 11.9 Å². The molecule has 2 rings (SSSR count). The summed E-state index contributed by atoms with van der Waals surface area (Å²) in [7, 11) is 0. The van der Waals surface area contributed by atoms with Gasteiger partial charge in [-0.2, -0.15) is 0 Å². The zero-order chi connectivity index (χ0) is 15.6. The van der Waals surface area contributed by atoms with E-state index in [2.05, 4.69) is 32.2 Å². The molecule has 21 heavy (non-hydrogen) atoms. The molecule has 0 aliphatic carbocycles. The van der Waals surface area contributed by atoms with Gasteiger partial charge in [-0.25, -0.2) is 4.39 Å². The minimum Gasteiger partial charge on any atom is -0.394 e. The van der Waals surface area contributed by atoms with Gasteiger partial charge in [-0.05, 0) is 48.2 Å². The van der Waals surface area contributed by atoms with Crippen LogP contribution in [-0.4, -0.2) is 11.7 Å². The third-order valence-corrected chi connectivity index (χ3v) is 4.90. The molecule has 1 aromatic heterocycles. The molecular formula is C17H22FNOS. The van der Waals surface area contributed by atoms with E-state index in [-0.39, 0.29) is 23.9 Å². The number of halogens is 1. The number of aliphatic hydroxyl groups is 1. The number of hydrogen-bond donors (Lipinski definition) is 2. The van der Waals surface area contributed by atoms with E-state index in [1.807, 2.05) is 19.1 Å². The largest absolute Gasteiger partial charge is 0.394 e. The quantitative estimate of drug-likeness (QED) is 0.862. The topological polar surface area (TPSA) is 32.3 Å². The standard InChI is InChI=1S/C17H22FNOS/c1-11-7-12(18)9-13(8-11)19-14(10-20)15-5-6-16(21-15)17(2,3)4/h5-9,14,19-20H,10H2,1-4H3. The zero-order valence-corrected chi connectivity index (χ0v) is 13.7. The molecule has 0 radical (unpaired) electrons. The van der Waals surface area contributed by atoms with Gasteiger partial charge in [0.25, 0.3) is 0 Å². The first-order valence-corrected chi connectivity index (χ1v) is 7.86. The van der Waals surface area contributed by atoms with E-state index >= 15 is 0 Å². The van der Waals surface area contributed by atoms with Gasteiger partial charge in [-0.3, -0.25) is 0 Å². The van der Waals surface area contributed by atoms with E-state index in [1.54, 1.807) is 11.3 Å². The van der Waals surface area contributed by atoms with Crippen molar-refractivity contribution in [2.24, 2.45) is 0 Å². The maximum absolute atomic E-state index is 13.4. The average molecular weight is 307 g/mol. The fourth-order valence-electron chi connectivity index (χ4n) is 2.17. The van der Waals surface area contributed by atoms with E-state index in [9.17, 15) is 9.50 Å². The summed E-state index contributed by atoms with van der Waals surface area (Å²) < 4.78 is 13.4. The van der Waals surface area contributed by atoms with Crippen LogP contribution >= 0.6 is 11.3 Å². The van der Waals surface area contributed by atoms with Crippen molar-refractivity contribution in [1.29, 1.82) is 0 Å². The Kier molecular flexibility index (Phi) is 4.69. The highest BCUT2D eigenvalue weighted by Crippen LogP contribution is 2.33. The second-order valence-electron chi connectivity index (χ2n) is 6.35. The fourth-order valence-corrected chi connectivity index (χ4v) is 3.28. The van der Waals surface area contributed by atoms with Gasteiger partial charge in [0, 0.05) is 15.4 Å². The van der Waals surface area contributed by atoms with Crippen LogP contribution in [0.1, 0.15) is 42.1 Å². The van der Waals surface area contributed by atoms with Crippen molar-refractivity contribution in [2.45, 2.75) is 39.2 Å². The van der Waals surface area contributed by atoms with Gasteiger partial charge >= 0.3 is 0 Å². The van der Waals surface area contributed by atoms with Gasteiger partial charge in [-0.1, -0.05) is 20.8 Å². The van der Waals surface area contributed by atoms with Crippen LogP contribution in [-0.2, 0) is 5.41 Å². The minimum absolute atomic E-state index is 0.0281. The highest BCUT2D eigenvalue weighted by atomic mass is 32.1. The molecule has 0 bridgehead atoms. The summed E-state index contributed by atoms with van der Waals surface area (Å²) >= 11 is 1.68. The summed E-state index contributed by atoms with van der Waals surface area (Å²) in [6.45, 7) is 8.32. The molecule has 2 nitrogen and oxygen atoms in total. The van der Waals surface area contributed by atoms with Crippen molar-refractivity contribution in [3.63, 3.8) is 0 Å². The molecule has 1 aromatic carbocycles. The summed E-state index contributed by atoms with van der Waals surface area (Å²) in [6.07, 6.45) is 0. The average Bonchev–Trinajstić information content (AvgIpc) is 2.84. The van der Waals surface area contributed by atoms with E-state index in [1.165, 1.54) is 17.0 Å². The number of aryl methyl sites for hydroxylation is 1. The lowest BCUT2D eigenvalue weighted by Crippen LogP contribution is -2.14. The number of benzene rings is 1. The highest BCUT2D eigenvalue weighted by Gasteiger charge is 2.19. The van der Waals surface area contributed by atoms with Crippen LogP contribution in [0.15, 0.2) is 30.3 Å². The lowest BCUT2D eigenvalue weighted by atomic mass is 9.95. The Morgan fingerprint density at radius 1 is 1.24 bits per heavy atom. The van der Waals surface area contributed by atoms with E-state index in [4.69, 9.17) is 0 Å². The summed E-state index contributed by atoms with van der Waals surface area (Å²) in [5.41, 5.74) is 1.64. The second kappa shape index (κ2) is 6.16. The smallest absolute Gasteiger partial charge is 0.125 e. The molecule has 0 saturated carbocycles. The van der Waals surface area contributed by atoms with Crippen LogP contribution in [0, 0.1) is 12.7 Å². The molecule has 0 aliphatic heterocycles. The molecule has 0 amide bonds. The van der Waals surface area contributed by atoms with Crippen LogP contribution in [0.25, 0.3) is 0 Å². The van der Waals surface area contributed by atoms with Gasteiger partial charge in [0.15, 0.2) is 0 Å². The van der Waals surface area contributed by atoms with Crippen molar-refractivity contribution >= 4 is 17.0 Å². The molecule has 2 aromatic rings. The zero-order valence-electron chi connectivity index (χ0n) is 12.9. The summed E-state index contributed by atoms with van der Waals surface area (Å²) in [6, 6.07) is 8.74. The number of nitrogens with one attached hydrogen (secondary N) is 1. The molecule has 4 heteroatoms. The molecule has 2 N–H and O–H groups in total. The second-order valence-corrected chi connectivity index (χ2v) is 7.46. The van der Waals surface area contributed by atoms with Gasteiger partial charge < -0.3 is 10.4 Å².